The van der Waals surface area contributed by atoms with Crippen LogP contribution in [0.4, 0.5) is 0 Å². The summed E-state index contributed by atoms with van der Waals surface area (Å²) in [6, 6.07) is 15.2. The molecular weight excluding hydrogens is 346 g/mol. The first-order valence-electron chi connectivity index (χ1n) is 7.40. The molecule has 0 heterocycles. The third-order valence-corrected chi connectivity index (χ3v) is 5.00. The summed E-state index contributed by atoms with van der Waals surface area (Å²) >= 11 is 9.72. The number of rotatable bonds is 4. The number of nitrogens with one attached hydrogen (secondary N) is 1. The molecule has 1 unspecified atom stereocenters. The van der Waals surface area contributed by atoms with Crippen LogP contribution in [0.25, 0.3) is 0 Å². The van der Waals surface area contributed by atoms with Crippen LogP contribution in [0, 0.1) is 0 Å². The summed E-state index contributed by atoms with van der Waals surface area (Å²) in [5.74, 6) is 0.758. The Morgan fingerprint density at radius 1 is 1.14 bits per heavy atom. The van der Waals surface area contributed by atoms with Crippen molar-refractivity contribution in [2.24, 2.45) is 0 Å². The summed E-state index contributed by atoms with van der Waals surface area (Å²) < 4.78 is 1.01. The first kappa shape index (κ1) is 15.1. The fourth-order valence-electron chi connectivity index (χ4n) is 3.00. The Balaban J connectivity index is 1.95. The zero-order chi connectivity index (χ0) is 14.8. The smallest absolute Gasteiger partial charge is 0.0575 e. The van der Waals surface area contributed by atoms with Crippen LogP contribution in [0.2, 0.25) is 5.02 Å². The van der Waals surface area contributed by atoms with E-state index in [0.29, 0.717) is 0 Å². The molecule has 1 aliphatic carbocycles. The van der Waals surface area contributed by atoms with Crippen molar-refractivity contribution >= 4 is 27.5 Å². The summed E-state index contributed by atoms with van der Waals surface area (Å²) in [6.45, 7) is 0. The zero-order valence-electron chi connectivity index (χ0n) is 12.1. The molecule has 1 fully saturated rings. The maximum absolute atomic E-state index is 6.19. The minimum absolute atomic E-state index is 0.167. The lowest BCUT2D eigenvalue weighted by Gasteiger charge is -2.27. The van der Waals surface area contributed by atoms with Crippen LogP contribution in [-0.4, -0.2) is 7.05 Å². The van der Waals surface area contributed by atoms with Gasteiger partial charge in [-0.2, -0.15) is 0 Å². The molecule has 1 atom stereocenters. The molecule has 2 aromatic carbocycles. The molecule has 110 valence electrons. The second-order valence-corrected chi connectivity index (χ2v) is 7.07. The van der Waals surface area contributed by atoms with Crippen LogP contribution in [0.1, 0.15) is 47.9 Å². The lowest BCUT2D eigenvalue weighted by molar-refractivity contribution is 0.419. The van der Waals surface area contributed by atoms with E-state index in [1.807, 2.05) is 19.2 Å². The molecule has 0 saturated heterocycles. The average Bonchev–Trinajstić information content (AvgIpc) is 2.37. The highest BCUT2D eigenvalue weighted by Crippen LogP contribution is 2.37. The van der Waals surface area contributed by atoms with Crippen LogP contribution in [0.3, 0.4) is 0 Å². The Morgan fingerprint density at radius 3 is 2.57 bits per heavy atom. The highest BCUT2D eigenvalue weighted by atomic mass is 79.9. The predicted octanol–water partition coefficient (Wildman–Crippen LogP) is 5.68. The Morgan fingerprint density at radius 2 is 1.95 bits per heavy atom. The Hall–Kier alpha value is -0.830. The lowest BCUT2D eigenvalue weighted by atomic mass is 9.79. The number of halogens is 2. The highest BCUT2D eigenvalue weighted by molar-refractivity contribution is 9.10. The van der Waals surface area contributed by atoms with Crippen molar-refractivity contribution in [3.05, 3.63) is 68.7 Å². The summed E-state index contributed by atoms with van der Waals surface area (Å²) in [6.07, 6.45) is 4.03. The molecule has 0 aliphatic heterocycles. The van der Waals surface area contributed by atoms with Gasteiger partial charge in [-0.05, 0) is 60.7 Å². The van der Waals surface area contributed by atoms with Crippen molar-refractivity contribution in [1.82, 2.24) is 5.32 Å². The van der Waals surface area contributed by atoms with Gasteiger partial charge in [-0.15, -0.1) is 0 Å². The van der Waals surface area contributed by atoms with Crippen LogP contribution in [-0.2, 0) is 0 Å². The van der Waals surface area contributed by atoms with Gasteiger partial charge in [0.05, 0.1) is 6.04 Å². The second-order valence-electron chi connectivity index (χ2n) is 5.72. The molecule has 3 rings (SSSR count). The molecule has 2 aromatic rings. The summed E-state index contributed by atoms with van der Waals surface area (Å²) in [7, 11) is 2.00. The van der Waals surface area contributed by atoms with E-state index in [1.54, 1.807) is 0 Å². The molecule has 1 saturated carbocycles. The lowest BCUT2D eigenvalue weighted by Crippen LogP contribution is -2.18. The van der Waals surface area contributed by atoms with Crippen molar-refractivity contribution in [1.29, 1.82) is 0 Å². The fraction of sp³-hybridized carbons (Fsp3) is 0.333. The van der Waals surface area contributed by atoms with Crippen molar-refractivity contribution in [2.75, 3.05) is 7.05 Å². The van der Waals surface area contributed by atoms with Gasteiger partial charge in [-0.1, -0.05) is 58.2 Å². The Kier molecular flexibility index (Phi) is 4.68. The normalized spacial score (nSPS) is 16.5. The van der Waals surface area contributed by atoms with Crippen molar-refractivity contribution in [3.63, 3.8) is 0 Å². The van der Waals surface area contributed by atoms with E-state index in [-0.39, 0.29) is 6.04 Å². The molecule has 0 amide bonds. The molecular formula is C18H19BrClN. The van der Waals surface area contributed by atoms with Crippen LogP contribution >= 0.6 is 27.5 Å². The van der Waals surface area contributed by atoms with Gasteiger partial charge in [0.15, 0.2) is 0 Å². The first-order chi connectivity index (χ1) is 10.2. The van der Waals surface area contributed by atoms with Gasteiger partial charge < -0.3 is 5.32 Å². The average molecular weight is 365 g/mol. The van der Waals surface area contributed by atoms with Gasteiger partial charge in [-0.3, -0.25) is 0 Å². The van der Waals surface area contributed by atoms with Crippen LogP contribution in [0.5, 0.6) is 0 Å². The van der Waals surface area contributed by atoms with E-state index in [1.165, 1.54) is 36.0 Å². The molecule has 1 N–H and O–H groups in total. The van der Waals surface area contributed by atoms with E-state index in [2.05, 4.69) is 51.6 Å². The Bertz CT molecular complexity index is 617. The van der Waals surface area contributed by atoms with Crippen molar-refractivity contribution < 1.29 is 0 Å². The fourth-order valence-corrected chi connectivity index (χ4v) is 3.89. The van der Waals surface area contributed by atoms with Gasteiger partial charge in [0.2, 0.25) is 0 Å². The first-order valence-corrected chi connectivity index (χ1v) is 8.57. The molecule has 0 radical (unpaired) electrons. The van der Waals surface area contributed by atoms with Crippen LogP contribution < -0.4 is 5.32 Å². The second kappa shape index (κ2) is 6.51. The van der Waals surface area contributed by atoms with E-state index in [0.717, 1.165) is 15.4 Å². The topological polar surface area (TPSA) is 12.0 Å². The number of hydrogen-bond donors (Lipinski definition) is 1. The summed E-state index contributed by atoms with van der Waals surface area (Å²) in [4.78, 5) is 0. The van der Waals surface area contributed by atoms with Gasteiger partial charge in [0.25, 0.3) is 0 Å². The molecule has 3 heteroatoms. The number of hydrogen-bond acceptors (Lipinski definition) is 1. The minimum Gasteiger partial charge on any atom is -0.309 e. The molecule has 0 spiro atoms. The molecule has 1 nitrogen and oxygen atoms in total. The minimum atomic E-state index is 0.167. The van der Waals surface area contributed by atoms with E-state index in [9.17, 15) is 0 Å². The third-order valence-electron chi connectivity index (χ3n) is 4.33. The molecule has 1 aliphatic rings. The predicted molar refractivity (Wildman–Crippen MR) is 93.1 cm³/mol. The van der Waals surface area contributed by atoms with Crippen molar-refractivity contribution in [2.45, 2.75) is 31.2 Å². The van der Waals surface area contributed by atoms with Gasteiger partial charge in [-0.25, -0.2) is 0 Å². The quantitative estimate of drug-likeness (QED) is 0.736. The monoisotopic (exact) mass is 363 g/mol. The SMILES string of the molecule is CNC(c1cc(Cl)cc(Br)c1)c1cccc(C2CCC2)c1. The summed E-state index contributed by atoms with van der Waals surface area (Å²) in [5.41, 5.74) is 3.96. The molecule has 21 heavy (non-hydrogen) atoms. The van der Waals surface area contributed by atoms with Gasteiger partial charge in [0, 0.05) is 9.50 Å². The molecule has 0 bridgehead atoms. The standard InChI is InChI=1S/C18H19BrClN/c1-21-18(15-9-16(19)11-17(20)10-15)14-7-3-6-13(8-14)12-4-2-5-12/h3,6-12,18,21H,2,4-5H2,1H3. The largest absolute Gasteiger partial charge is 0.309 e. The van der Waals surface area contributed by atoms with Gasteiger partial charge >= 0.3 is 0 Å². The van der Waals surface area contributed by atoms with E-state index < -0.39 is 0 Å². The summed E-state index contributed by atoms with van der Waals surface area (Å²) in [5, 5.41) is 4.17. The molecule has 0 aromatic heterocycles. The van der Waals surface area contributed by atoms with Crippen molar-refractivity contribution in [3.8, 4) is 0 Å². The van der Waals surface area contributed by atoms with E-state index >= 15 is 0 Å². The zero-order valence-corrected chi connectivity index (χ0v) is 14.4. The number of benzene rings is 2. The maximum atomic E-state index is 6.19. The maximum Gasteiger partial charge on any atom is 0.0575 e. The van der Waals surface area contributed by atoms with Gasteiger partial charge in [0.1, 0.15) is 0 Å². The third kappa shape index (κ3) is 3.33. The van der Waals surface area contributed by atoms with Crippen LogP contribution in [0.15, 0.2) is 46.9 Å². The highest BCUT2D eigenvalue weighted by Gasteiger charge is 2.21. The van der Waals surface area contributed by atoms with E-state index in [4.69, 9.17) is 11.6 Å². The Labute approximate surface area is 139 Å².